The monoisotopic (exact) mass is 596 g/mol. The van der Waals surface area contributed by atoms with Gasteiger partial charge in [0.25, 0.3) is 0 Å². The average Bonchev–Trinajstić information content (AvgIpc) is 2.93. The van der Waals surface area contributed by atoms with Crippen molar-refractivity contribution in [1.29, 1.82) is 0 Å². The molecule has 3 aromatic carbocycles. The zero-order valence-electron chi connectivity index (χ0n) is 25.0. The lowest BCUT2D eigenvalue weighted by Crippen LogP contribution is -2.42. The molecule has 0 spiro atoms. The number of benzene rings is 3. The molecule has 1 unspecified atom stereocenters. The van der Waals surface area contributed by atoms with Gasteiger partial charge in [-0.1, -0.05) is 78.2 Å². The van der Waals surface area contributed by atoms with Crippen molar-refractivity contribution in [2.75, 3.05) is 26.7 Å². The molecule has 1 aliphatic rings. The van der Waals surface area contributed by atoms with Gasteiger partial charge < -0.3 is 9.80 Å². The summed E-state index contributed by atoms with van der Waals surface area (Å²) >= 11 is 12.5. The summed E-state index contributed by atoms with van der Waals surface area (Å²) in [4.78, 5) is 17.9. The van der Waals surface area contributed by atoms with E-state index in [0.717, 1.165) is 54.7 Å². The molecule has 1 fully saturated rings. The molecule has 220 valence electrons. The zero-order chi connectivity index (χ0) is 30.2. The van der Waals surface area contributed by atoms with E-state index < -0.39 is 0 Å². The van der Waals surface area contributed by atoms with Crippen LogP contribution in [0.4, 0.5) is 4.39 Å². The van der Waals surface area contributed by atoms with Gasteiger partial charge in [-0.2, -0.15) is 0 Å². The van der Waals surface area contributed by atoms with Gasteiger partial charge in [-0.05, 0) is 112 Å². The van der Waals surface area contributed by atoms with Gasteiger partial charge in [0.1, 0.15) is 5.82 Å². The molecular formula is C35H43Cl2FN2O. The predicted molar refractivity (Wildman–Crippen MR) is 171 cm³/mol. The minimum Gasteiger partial charge on any atom is -0.341 e. The highest BCUT2D eigenvalue weighted by Crippen LogP contribution is 2.38. The van der Waals surface area contributed by atoms with Crippen LogP contribution in [0.15, 0.2) is 78.9 Å². The molecule has 0 aliphatic carbocycles. The van der Waals surface area contributed by atoms with Crippen molar-refractivity contribution in [3.05, 3.63) is 117 Å². The number of halogens is 3. The van der Waals surface area contributed by atoms with Crippen LogP contribution in [0.1, 0.15) is 68.2 Å². The SMILES string of the molecule is C=C(C)C.Cc1ccc(F)cc1C1(C)CCN(CCC(C(=O)N(C)Cc2ccccc2)c2ccc(Cl)c(Cl)c2)CC1. The Morgan fingerprint density at radius 3 is 2.27 bits per heavy atom. The van der Waals surface area contributed by atoms with Crippen LogP contribution in [0.25, 0.3) is 0 Å². The Balaban J connectivity index is 0.00000108. The molecule has 0 saturated carbocycles. The van der Waals surface area contributed by atoms with E-state index in [2.05, 4.69) is 25.3 Å². The minimum absolute atomic E-state index is 0.0441. The van der Waals surface area contributed by atoms with Gasteiger partial charge in [0, 0.05) is 13.6 Å². The summed E-state index contributed by atoms with van der Waals surface area (Å²) in [5.74, 6) is -0.423. The molecule has 4 rings (SSSR count). The Bertz CT molecular complexity index is 1320. The standard InChI is InChI=1S/C31H35Cl2FN2O.C4H8/c1-22-9-11-25(34)20-27(22)31(2)14-17-36(18-15-31)16-13-26(24-10-12-28(32)29(33)19-24)30(37)35(3)21-23-7-5-4-6-8-23;1-4(2)3/h4-12,19-20,26H,13-18,21H2,1-3H3;1H2,2-3H3. The number of allylic oxidation sites excluding steroid dienone is 1. The van der Waals surface area contributed by atoms with Gasteiger partial charge >= 0.3 is 0 Å². The topological polar surface area (TPSA) is 23.6 Å². The van der Waals surface area contributed by atoms with Gasteiger partial charge in [0.05, 0.1) is 16.0 Å². The lowest BCUT2D eigenvalue weighted by molar-refractivity contribution is -0.132. The van der Waals surface area contributed by atoms with Crippen molar-refractivity contribution >= 4 is 29.1 Å². The van der Waals surface area contributed by atoms with Crippen molar-refractivity contribution in [2.24, 2.45) is 0 Å². The first-order valence-electron chi connectivity index (χ1n) is 14.2. The normalized spacial score (nSPS) is 15.4. The van der Waals surface area contributed by atoms with Crippen LogP contribution < -0.4 is 0 Å². The Kier molecular flexibility index (Phi) is 12.0. The number of likely N-dealkylation sites (tertiary alicyclic amines) is 1. The largest absolute Gasteiger partial charge is 0.341 e. The molecule has 1 saturated heterocycles. The third-order valence-electron chi connectivity index (χ3n) is 7.83. The van der Waals surface area contributed by atoms with Crippen LogP contribution in [-0.2, 0) is 16.8 Å². The summed E-state index contributed by atoms with van der Waals surface area (Å²) in [5, 5.41) is 0.944. The van der Waals surface area contributed by atoms with Gasteiger partial charge in [-0.3, -0.25) is 4.79 Å². The molecule has 1 amide bonds. The molecule has 1 heterocycles. The maximum Gasteiger partial charge on any atom is 0.230 e. The fourth-order valence-corrected chi connectivity index (χ4v) is 5.77. The van der Waals surface area contributed by atoms with Crippen LogP contribution in [0.5, 0.6) is 0 Å². The second-order valence-electron chi connectivity index (χ2n) is 11.8. The molecule has 1 atom stereocenters. The quantitative estimate of drug-likeness (QED) is 0.242. The summed E-state index contributed by atoms with van der Waals surface area (Å²) in [6, 6.07) is 20.6. The number of likely N-dealkylation sites (N-methyl/N-ethyl adjacent to an activating group) is 1. The second-order valence-corrected chi connectivity index (χ2v) is 12.6. The molecule has 41 heavy (non-hydrogen) atoms. The fourth-order valence-electron chi connectivity index (χ4n) is 5.46. The molecule has 0 aromatic heterocycles. The van der Waals surface area contributed by atoms with Crippen molar-refractivity contribution < 1.29 is 9.18 Å². The lowest BCUT2D eigenvalue weighted by Gasteiger charge is -2.41. The van der Waals surface area contributed by atoms with Crippen LogP contribution >= 0.6 is 23.2 Å². The van der Waals surface area contributed by atoms with E-state index in [4.69, 9.17) is 23.2 Å². The number of hydrogen-bond acceptors (Lipinski definition) is 2. The Labute approximate surface area is 256 Å². The summed E-state index contributed by atoms with van der Waals surface area (Å²) in [6.45, 7) is 15.0. The molecule has 1 aliphatic heterocycles. The van der Waals surface area contributed by atoms with E-state index in [1.54, 1.807) is 17.0 Å². The fraction of sp³-hybridized carbons (Fsp3) is 0.400. The van der Waals surface area contributed by atoms with E-state index in [1.165, 1.54) is 11.6 Å². The molecular weight excluding hydrogens is 554 g/mol. The number of nitrogens with zero attached hydrogens (tertiary/aromatic N) is 2. The average molecular weight is 598 g/mol. The van der Waals surface area contributed by atoms with E-state index in [-0.39, 0.29) is 23.1 Å². The van der Waals surface area contributed by atoms with Crippen molar-refractivity contribution in [1.82, 2.24) is 9.80 Å². The van der Waals surface area contributed by atoms with E-state index in [0.29, 0.717) is 23.0 Å². The van der Waals surface area contributed by atoms with Crippen molar-refractivity contribution in [3.8, 4) is 0 Å². The Morgan fingerprint density at radius 1 is 1.02 bits per heavy atom. The third kappa shape index (κ3) is 9.43. The summed E-state index contributed by atoms with van der Waals surface area (Å²) < 4.78 is 14.0. The molecule has 0 bridgehead atoms. The summed E-state index contributed by atoms with van der Waals surface area (Å²) in [5.41, 5.74) is 5.35. The number of carbonyl (C=O) groups excluding carboxylic acids is 1. The number of piperidine rings is 1. The maximum absolute atomic E-state index is 14.0. The number of amides is 1. The van der Waals surface area contributed by atoms with E-state index >= 15 is 0 Å². The maximum atomic E-state index is 14.0. The first-order valence-corrected chi connectivity index (χ1v) is 15.0. The summed E-state index contributed by atoms with van der Waals surface area (Å²) in [7, 11) is 1.85. The minimum atomic E-state index is -0.317. The van der Waals surface area contributed by atoms with Crippen LogP contribution in [-0.4, -0.2) is 42.4 Å². The first kappa shape index (κ1) is 32.8. The molecule has 3 aromatic rings. The van der Waals surface area contributed by atoms with Crippen LogP contribution in [0.2, 0.25) is 10.0 Å². The van der Waals surface area contributed by atoms with Crippen molar-refractivity contribution in [2.45, 2.75) is 64.8 Å². The number of hydrogen-bond donors (Lipinski definition) is 0. The zero-order valence-corrected chi connectivity index (χ0v) is 26.5. The van der Waals surface area contributed by atoms with Crippen molar-refractivity contribution in [3.63, 3.8) is 0 Å². The Hall–Kier alpha value is -2.66. The molecule has 0 radical (unpaired) electrons. The van der Waals surface area contributed by atoms with Gasteiger partial charge in [-0.25, -0.2) is 4.39 Å². The van der Waals surface area contributed by atoms with Gasteiger partial charge in [-0.15, -0.1) is 6.58 Å². The molecule has 3 nitrogen and oxygen atoms in total. The smallest absolute Gasteiger partial charge is 0.230 e. The van der Waals surface area contributed by atoms with E-state index in [1.807, 2.05) is 69.4 Å². The Morgan fingerprint density at radius 2 is 1.66 bits per heavy atom. The second kappa shape index (κ2) is 15.0. The predicted octanol–water partition coefficient (Wildman–Crippen LogP) is 9.21. The highest BCUT2D eigenvalue weighted by molar-refractivity contribution is 6.42. The van der Waals surface area contributed by atoms with E-state index in [9.17, 15) is 9.18 Å². The number of carbonyl (C=O) groups is 1. The third-order valence-corrected chi connectivity index (χ3v) is 8.57. The number of aryl methyl sites for hydroxylation is 1. The first-order chi connectivity index (χ1) is 19.4. The molecule has 0 N–H and O–H groups in total. The highest BCUT2D eigenvalue weighted by Gasteiger charge is 2.34. The number of rotatable bonds is 8. The van der Waals surface area contributed by atoms with Crippen LogP contribution in [0, 0.1) is 12.7 Å². The van der Waals surface area contributed by atoms with Gasteiger partial charge in [0.15, 0.2) is 0 Å². The summed E-state index contributed by atoms with van der Waals surface area (Å²) in [6.07, 6.45) is 2.60. The molecule has 6 heteroatoms. The van der Waals surface area contributed by atoms with Gasteiger partial charge in [0.2, 0.25) is 5.91 Å². The highest BCUT2D eigenvalue weighted by atomic mass is 35.5. The lowest BCUT2D eigenvalue weighted by atomic mass is 9.73. The van der Waals surface area contributed by atoms with Crippen LogP contribution in [0.3, 0.4) is 0 Å².